The van der Waals surface area contributed by atoms with Crippen LogP contribution in [0.15, 0.2) is 47.4 Å². The van der Waals surface area contributed by atoms with E-state index in [2.05, 4.69) is 5.32 Å². The van der Waals surface area contributed by atoms with Crippen LogP contribution in [0.3, 0.4) is 0 Å². The first kappa shape index (κ1) is 20.3. The Hall–Kier alpha value is -2.42. The number of carbonyl (C=O) groups is 1. The second kappa shape index (κ2) is 8.72. The third-order valence-corrected chi connectivity index (χ3v) is 6.64. The predicted octanol–water partition coefficient (Wildman–Crippen LogP) is 2.21. The molecule has 1 N–H and O–H groups in total. The summed E-state index contributed by atoms with van der Waals surface area (Å²) in [5.41, 5.74) is 1.84. The molecule has 0 aromatic heterocycles. The minimum absolute atomic E-state index is 0.128. The second-order valence-electron chi connectivity index (χ2n) is 6.53. The van der Waals surface area contributed by atoms with Crippen molar-refractivity contribution in [3.8, 4) is 5.75 Å². The maximum absolute atomic E-state index is 13.0. The fourth-order valence-corrected chi connectivity index (χ4v) is 4.77. The molecule has 150 valence electrons. The molecular weight excluding hydrogens is 380 g/mol. The molecule has 1 amide bonds. The van der Waals surface area contributed by atoms with Crippen LogP contribution in [0.4, 0.5) is 5.69 Å². The van der Waals surface area contributed by atoms with E-state index in [9.17, 15) is 13.2 Å². The largest absolute Gasteiger partial charge is 0.496 e. The van der Waals surface area contributed by atoms with E-state index in [4.69, 9.17) is 9.47 Å². The third-order valence-electron chi connectivity index (χ3n) is 4.60. The van der Waals surface area contributed by atoms with Gasteiger partial charge in [-0.25, -0.2) is 8.42 Å². The molecule has 1 heterocycles. The Labute approximate surface area is 165 Å². The molecule has 0 saturated carbocycles. The Morgan fingerprint density at radius 1 is 1.18 bits per heavy atom. The van der Waals surface area contributed by atoms with Gasteiger partial charge in [-0.15, -0.1) is 0 Å². The molecule has 0 radical (unpaired) electrons. The smallest absolute Gasteiger partial charge is 0.243 e. The molecule has 0 bridgehead atoms. The molecular formula is C20H24N2O5S. The molecule has 0 unspecified atom stereocenters. The minimum Gasteiger partial charge on any atom is -0.496 e. The average Bonchev–Trinajstić information content (AvgIpc) is 2.70. The highest BCUT2D eigenvalue weighted by atomic mass is 32.2. The lowest BCUT2D eigenvalue weighted by Gasteiger charge is -2.26. The summed E-state index contributed by atoms with van der Waals surface area (Å²) in [7, 11) is -2.08. The van der Waals surface area contributed by atoms with Crippen LogP contribution >= 0.6 is 0 Å². The van der Waals surface area contributed by atoms with Crippen molar-refractivity contribution >= 4 is 21.6 Å². The maximum Gasteiger partial charge on any atom is 0.243 e. The molecule has 1 aliphatic heterocycles. The Bertz CT molecular complexity index is 953. The zero-order chi connectivity index (χ0) is 20.1. The fraction of sp³-hybridized carbons (Fsp3) is 0.350. The van der Waals surface area contributed by atoms with Crippen molar-refractivity contribution in [2.75, 3.05) is 38.7 Å². The Balaban J connectivity index is 1.78. The average molecular weight is 404 g/mol. The molecule has 0 aliphatic carbocycles. The number of anilines is 1. The van der Waals surface area contributed by atoms with E-state index >= 15 is 0 Å². The molecule has 3 rings (SSSR count). The number of carbonyl (C=O) groups excluding carboxylic acids is 1. The Morgan fingerprint density at radius 2 is 1.89 bits per heavy atom. The van der Waals surface area contributed by atoms with Crippen LogP contribution < -0.4 is 10.1 Å². The lowest BCUT2D eigenvalue weighted by atomic mass is 10.1. The monoisotopic (exact) mass is 404 g/mol. The number of nitrogens with one attached hydrogen (secondary N) is 1. The van der Waals surface area contributed by atoms with E-state index in [1.807, 2.05) is 18.2 Å². The van der Waals surface area contributed by atoms with Crippen LogP contribution in [0.2, 0.25) is 0 Å². The van der Waals surface area contributed by atoms with Crippen LogP contribution in [-0.4, -0.2) is 52.0 Å². The number of benzene rings is 2. The summed E-state index contributed by atoms with van der Waals surface area (Å²) >= 11 is 0. The Morgan fingerprint density at radius 3 is 2.61 bits per heavy atom. The molecule has 2 aromatic rings. The molecule has 28 heavy (non-hydrogen) atoms. The van der Waals surface area contributed by atoms with Crippen molar-refractivity contribution in [1.82, 2.24) is 4.31 Å². The maximum atomic E-state index is 13.0. The number of rotatable bonds is 6. The Kier molecular flexibility index (Phi) is 6.33. The summed E-state index contributed by atoms with van der Waals surface area (Å²) in [5, 5.41) is 2.78. The molecule has 0 atom stereocenters. The number of hydrogen-bond donors (Lipinski definition) is 1. The number of aryl methyl sites for hydroxylation is 1. The number of methoxy groups -OCH3 is 1. The summed E-state index contributed by atoms with van der Waals surface area (Å²) in [6.07, 6.45) is 0.128. The zero-order valence-corrected chi connectivity index (χ0v) is 16.8. The van der Waals surface area contributed by atoms with Gasteiger partial charge in [0.1, 0.15) is 5.75 Å². The molecule has 7 nitrogen and oxygen atoms in total. The molecule has 8 heteroatoms. The summed E-state index contributed by atoms with van der Waals surface area (Å²) in [4.78, 5) is 12.7. The van der Waals surface area contributed by atoms with E-state index in [1.54, 1.807) is 32.2 Å². The zero-order valence-electron chi connectivity index (χ0n) is 16.0. The summed E-state index contributed by atoms with van der Waals surface area (Å²) in [6, 6.07) is 12.2. The normalized spacial score (nSPS) is 15.2. The van der Waals surface area contributed by atoms with E-state index in [0.717, 1.165) is 5.56 Å². The van der Waals surface area contributed by atoms with Gasteiger partial charge in [-0.1, -0.05) is 24.3 Å². The van der Waals surface area contributed by atoms with Gasteiger partial charge in [0.05, 0.1) is 31.6 Å². The lowest BCUT2D eigenvalue weighted by molar-refractivity contribution is -0.115. The first-order valence-corrected chi connectivity index (χ1v) is 10.5. The van der Waals surface area contributed by atoms with Crippen molar-refractivity contribution in [3.05, 3.63) is 53.6 Å². The standard InChI is InChI=1S/C20H24N2O5S/c1-15-7-8-17(14-19(15)28(24,25)22-9-11-27-12-10-22)21-20(23)13-16-5-3-4-6-18(16)26-2/h3-8,14H,9-13H2,1-2H3,(H,21,23). The van der Waals surface area contributed by atoms with Gasteiger partial charge in [-0.3, -0.25) is 4.79 Å². The van der Waals surface area contributed by atoms with Crippen LogP contribution in [0.25, 0.3) is 0 Å². The quantitative estimate of drug-likeness (QED) is 0.798. The highest BCUT2D eigenvalue weighted by Gasteiger charge is 2.28. The molecule has 1 aliphatic rings. The second-order valence-corrected chi connectivity index (χ2v) is 8.44. The van der Waals surface area contributed by atoms with Crippen molar-refractivity contribution in [1.29, 1.82) is 0 Å². The molecule has 1 fully saturated rings. The SMILES string of the molecule is COc1ccccc1CC(=O)Nc1ccc(C)c(S(=O)(=O)N2CCOCC2)c1. The topological polar surface area (TPSA) is 84.9 Å². The van der Waals surface area contributed by atoms with Crippen LogP contribution in [0.1, 0.15) is 11.1 Å². The number of sulfonamides is 1. The van der Waals surface area contributed by atoms with Crippen molar-refractivity contribution < 1.29 is 22.7 Å². The number of ether oxygens (including phenoxy) is 2. The van der Waals surface area contributed by atoms with Crippen molar-refractivity contribution in [2.45, 2.75) is 18.2 Å². The van der Waals surface area contributed by atoms with Gasteiger partial charge in [-0.2, -0.15) is 4.31 Å². The highest BCUT2D eigenvalue weighted by Crippen LogP contribution is 2.25. The van der Waals surface area contributed by atoms with Crippen molar-refractivity contribution in [3.63, 3.8) is 0 Å². The third kappa shape index (κ3) is 4.52. The van der Waals surface area contributed by atoms with Gasteiger partial charge in [0, 0.05) is 24.3 Å². The van der Waals surface area contributed by atoms with Gasteiger partial charge in [-0.05, 0) is 30.7 Å². The van der Waals surface area contributed by atoms with Crippen LogP contribution in [0, 0.1) is 6.92 Å². The summed E-state index contributed by atoms with van der Waals surface area (Å²) in [6.45, 7) is 3.16. The van der Waals surface area contributed by atoms with Crippen LogP contribution in [0.5, 0.6) is 5.75 Å². The minimum atomic E-state index is -3.64. The van der Waals surface area contributed by atoms with Gasteiger partial charge in [0.15, 0.2) is 0 Å². The lowest BCUT2D eigenvalue weighted by Crippen LogP contribution is -2.40. The number of hydrogen-bond acceptors (Lipinski definition) is 5. The van der Waals surface area contributed by atoms with Gasteiger partial charge >= 0.3 is 0 Å². The van der Waals surface area contributed by atoms with Crippen LogP contribution in [-0.2, 0) is 26.0 Å². The van der Waals surface area contributed by atoms with E-state index in [-0.39, 0.29) is 17.2 Å². The number of para-hydroxylation sites is 1. The van der Waals surface area contributed by atoms with E-state index in [0.29, 0.717) is 43.3 Å². The predicted molar refractivity (Wildman–Crippen MR) is 106 cm³/mol. The van der Waals surface area contributed by atoms with Gasteiger partial charge < -0.3 is 14.8 Å². The van der Waals surface area contributed by atoms with Crippen molar-refractivity contribution in [2.24, 2.45) is 0 Å². The number of morpholine rings is 1. The molecule has 1 saturated heterocycles. The summed E-state index contributed by atoms with van der Waals surface area (Å²) < 4.78 is 37.8. The number of amides is 1. The number of nitrogens with zero attached hydrogens (tertiary/aromatic N) is 1. The van der Waals surface area contributed by atoms with Gasteiger partial charge in [0.25, 0.3) is 0 Å². The first-order chi connectivity index (χ1) is 13.4. The fourth-order valence-electron chi connectivity index (χ4n) is 3.11. The van der Waals surface area contributed by atoms with Gasteiger partial charge in [0.2, 0.25) is 15.9 Å². The van der Waals surface area contributed by atoms with E-state index in [1.165, 1.54) is 10.4 Å². The molecule has 2 aromatic carbocycles. The first-order valence-electron chi connectivity index (χ1n) is 9.02. The van der Waals surface area contributed by atoms with E-state index < -0.39 is 10.0 Å². The highest BCUT2D eigenvalue weighted by molar-refractivity contribution is 7.89. The summed E-state index contributed by atoms with van der Waals surface area (Å²) in [5.74, 6) is 0.389. The molecule has 0 spiro atoms.